The third kappa shape index (κ3) is 9.57. The van der Waals surface area contributed by atoms with E-state index in [1.54, 1.807) is 18.2 Å². The second-order valence-corrected chi connectivity index (χ2v) is 1.88. The molecule has 0 rings (SSSR count). The SMILES string of the molecule is C=C/C=C\C#CC#CC#C/C=C/C=O. The van der Waals surface area contributed by atoms with Crippen molar-refractivity contribution in [1.82, 2.24) is 0 Å². The van der Waals surface area contributed by atoms with Crippen molar-refractivity contribution in [2.24, 2.45) is 0 Å². The summed E-state index contributed by atoms with van der Waals surface area (Å²) in [6.07, 6.45) is 8.36. The van der Waals surface area contributed by atoms with Crippen LogP contribution >= 0.6 is 0 Å². The minimum Gasteiger partial charge on any atom is -0.299 e. The third-order valence-corrected chi connectivity index (χ3v) is 0.906. The minimum atomic E-state index is 0.655. The number of allylic oxidation sites excluding steroid dienone is 5. The lowest BCUT2D eigenvalue weighted by atomic mass is 10.4. The highest BCUT2D eigenvalue weighted by molar-refractivity contribution is 5.65. The third-order valence-electron chi connectivity index (χ3n) is 0.906. The molecule has 0 atom stereocenters. The Hall–Kier alpha value is -2.43. The second-order valence-electron chi connectivity index (χ2n) is 1.88. The summed E-state index contributed by atoms with van der Waals surface area (Å²) in [7, 11) is 0. The number of carbonyl (C=O) groups is 1. The van der Waals surface area contributed by atoms with Crippen molar-refractivity contribution in [3.63, 3.8) is 0 Å². The van der Waals surface area contributed by atoms with E-state index in [4.69, 9.17) is 0 Å². The van der Waals surface area contributed by atoms with Gasteiger partial charge in [0.1, 0.15) is 6.29 Å². The van der Waals surface area contributed by atoms with Crippen LogP contribution < -0.4 is 0 Å². The molecule has 14 heavy (non-hydrogen) atoms. The first kappa shape index (κ1) is 11.6. The molecule has 0 unspecified atom stereocenters. The number of aldehydes is 1. The van der Waals surface area contributed by atoms with E-state index in [1.165, 1.54) is 12.2 Å². The van der Waals surface area contributed by atoms with Crippen LogP contribution in [0.3, 0.4) is 0 Å². The molecule has 0 saturated carbocycles. The summed E-state index contributed by atoms with van der Waals surface area (Å²) in [4.78, 5) is 9.81. The van der Waals surface area contributed by atoms with Gasteiger partial charge in [0.25, 0.3) is 0 Å². The first-order chi connectivity index (χ1) is 6.91. The monoisotopic (exact) mass is 180 g/mol. The normalized spacial score (nSPS) is 7.71. The van der Waals surface area contributed by atoms with E-state index in [0.29, 0.717) is 6.29 Å². The molecule has 0 heterocycles. The summed E-state index contributed by atoms with van der Waals surface area (Å²) in [6.45, 7) is 3.49. The molecule has 0 aromatic rings. The van der Waals surface area contributed by atoms with Crippen molar-refractivity contribution in [3.05, 3.63) is 37.0 Å². The standard InChI is InChI=1S/C13H8O/c1-2-3-4-5-6-7-8-9-10-11-12-13-14/h2-4,11-13H,1H2/b4-3-,12-11+. The predicted molar refractivity (Wildman–Crippen MR) is 57.9 cm³/mol. The van der Waals surface area contributed by atoms with Crippen LogP contribution in [-0.4, -0.2) is 6.29 Å². The van der Waals surface area contributed by atoms with Gasteiger partial charge in [-0.3, -0.25) is 4.79 Å². The zero-order valence-corrected chi connectivity index (χ0v) is 7.58. The first-order valence-electron chi connectivity index (χ1n) is 3.80. The predicted octanol–water partition coefficient (Wildman–Crippen LogP) is 1.49. The molecule has 0 radical (unpaired) electrons. The van der Waals surface area contributed by atoms with E-state index in [0.717, 1.165) is 0 Å². The molecule has 0 aliphatic carbocycles. The Kier molecular flexibility index (Phi) is 8.74. The molecule has 0 aromatic carbocycles. The van der Waals surface area contributed by atoms with Gasteiger partial charge < -0.3 is 0 Å². The number of rotatable bonds is 2. The highest BCUT2D eigenvalue weighted by atomic mass is 16.1. The molecular weight excluding hydrogens is 172 g/mol. The molecule has 0 aliphatic heterocycles. The maximum atomic E-state index is 9.81. The van der Waals surface area contributed by atoms with E-state index in [9.17, 15) is 4.79 Å². The topological polar surface area (TPSA) is 17.1 Å². The van der Waals surface area contributed by atoms with Gasteiger partial charge in [0.05, 0.1) is 0 Å². The lowest BCUT2D eigenvalue weighted by Gasteiger charge is -1.61. The smallest absolute Gasteiger partial charge is 0.143 e. The lowest BCUT2D eigenvalue weighted by molar-refractivity contribution is -0.104. The zero-order valence-electron chi connectivity index (χ0n) is 7.58. The Labute approximate surface area is 84.2 Å². The maximum Gasteiger partial charge on any atom is 0.143 e. The van der Waals surface area contributed by atoms with Crippen molar-refractivity contribution in [2.75, 3.05) is 0 Å². The Balaban J connectivity index is 4.02. The largest absolute Gasteiger partial charge is 0.299 e. The zero-order chi connectivity index (χ0) is 10.5. The molecule has 1 nitrogen and oxygen atoms in total. The fourth-order valence-electron chi connectivity index (χ4n) is 0.422. The van der Waals surface area contributed by atoms with E-state index in [-0.39, 0.29) is 0 Å². The van der Waals surface area contributed by atoms with E-state index < -0.39 is 0 Å². The Morgan fingerprint density at radius 1 is 0.857 bits per heavy atom. The van der Waals surface area contributed by atoms with Crippen molar-refractivity contribution in [2.45, 2.75) is 0 Å². The van der Waals surface area contributed by atoms with Crippen LogP contribution in [0, 0.1) is 35.5 Å². The fraction of sp³-hybridized carbons (Fsp3) is 0. The molecule has 0 saturated heterocycles. The molecule has 0 bridgehead atoms. The fourth-order valence-corrected chi connectivity index (χ4v) is 0.422. The van der Waals surface area contributed by atoms with Gasteiger partial charge in [-0.1, -0.05) is 30.6 Å². The van der Waals surface area contributed by atoms with E-state index in [2.05, 4.69) is 42.1 Å². The van der Waals surface area contributed by atoms with Crippen LogP contribution in [0.2, 0.25) is 0 Å². The summed E-state index contributed by atoms with van der Waals surface area (Å²) >= 11 is 0. The molecule has 0 N–H and O–H groups in total. The summed E-state index contributed by atoms with van der Waals surface area (Å²) in [6, 6.07) is 0. The van der Waals surface area contributed by atoms with Crippen LogP contribution in [0.1, 0.15) is 0 Å². The molecule has 0 aliphatic rings. The molecule has 0 fully saturated rings. The summed E-state index contributed by atoms with van der Waals surface area (Å²) in [5.41, 5.74) is 0. The molecular formula is C13H8O. The minimum absolute atomic E-state index is 0.655. The van der Waals surface area contributed by atoms with Crippen LogP contribution in [0.15, 0.2) is 37.0 Å². The Morgan fingerprint density at radius 2 is 1.43 bits per heavy atom. The van der Waals surface area contributed by atoms with Gasteiger partial charge >= 0.3 is 0 Å². The van der Waals surface area contributed by atoms with Gasteiger partial charge in [0.15, 0.2) is 0 Å². The molecule has 0 aromatic heterocycles. The van der Waals surface area contributed by atoms with Gasteiger partial charge in [-0.15, -0.1) is 0 Å². The van der Waals surface area contributed by atoms with Crippen LogP contribution in [0.5, 0.6) is 0 Å². The van der Waals surface area contributed by atoms with Gasteiger partial charge in [0, 0.05) is 0 Å². The molecule has 66 valence electrons. The van der Waals surface area contributed by atoms with Gasteiger partial charge in [-0.25, -0.2) is 0 Å². The Bertz CT molecular complexity index is 377. The first-order valence-corrected chi connectivity index (χ1v) is 3.80. The van der Waals surface area contributed by atoms with Crippen molar-refractivity contribution >= 4 is 6.29 Å². The Morgan fingerprint density at radius 3 is 1.93 bits per heavy atom. The summed E-state index contributed by atoms with van der Waals surface area (Å²) < 4.78 is 0. The van der Waals surface area contributed by atoms with Crippen molar-refractivity contribution in [1.29, 1.82) is 0 Å². The summed E-state index contributed by atoms with van der Waals surface area (Å²) in [5.74, 6) is 15.3. The number of hydrogen-bond donors (Lipinski definition) is 0. The van der Waals surface area contributed by atoms with Gasteiger partial charge in [-0.05, 0) is 41.9 Å². The summed E-state index contributed by atoms with van der Waals surface area (Å²) in [5, 5.41) is 0. The lowest BCUT2D eigenvalue weighted by Crippen LogP contribution is -1.57. The quantitative estimate of drug-likeness (QED) is 0.272. The molecule has 0 spiro atoms. The van der Waals surface area contributed by atoms with Crippen molar-refractivity contribution < 1.29 is 4.79 Å². The van der Waals surface area contributed by atoms with Crippen LogP contribution in [0.25, 0.3) is 0 Å². The number of hydrogen-bond acceptors (Lipinski definition) is 1. The highest BCUT2D eigenvalue weighted by Crippen LogP contribution is 1.68. The molecule has 0 amide bonds. The van der Waals surface area contributed by atoms with E-state index >= 15 is 0 Å². The van der Waals surface area contributed by atoms with Crippen molar-refractivity contribution in [3.8, 4) is 35.5 Å². The van der Waals surface area contributed by atoms with Gasteiger partial charge in [0.2, 0.25) is 0 Å². The average Bonchev–Trinajstić information content (AvgIpc) is 2.21. The highest BCUT2D eigenvalue weighted by Gasteiger charge is 1.58. The van der Waals surface area contributed by atoms with Gasteiger partial charge in [-0.2, -0.15) is 0 Å². The second kappa shape index (κ2) is 10.6. The number of carbonyl (C=O) groups excluding carboxylic acids is 1. The van der Waals surface area contributed by atoms with Crippen LogP contribution in [0.4, 0.5) is 0 Å². The average molecular weight is 180 g/mol. The molecule has 1 heteroatoms. The maximum absolute atomic E-state index is 9.81. The van der Waals surface area contributed by atoms with E-state index in [1.807, 2.05) is 0 Å². The van der Waals surface area contributed by atoms with Crippen LogP contribution in [-0.2, 0) is 4.79 Å².